The van der Waals surface area contributed by atoms with Gasteiger partial charge in [0.2, 0.25) is 5.91 Å². The van der Waals surface area contributed by atoms with Crippen LogP contribution in [-0.4, -0.2) is 36.0 Å². The number of carbonyl (C=O) groups is 2. The Morgan fingerprint density at radius 1 is 1.11 bits per heavy atom. The topological polar surface area (TPSA) is 46.6 Å². The zero-order valence-electron chi connectivity index (χ0n) is 11.6. The average molecular weight is 265 g/mol. The fraction of sp³-hybridized carbons (Fsp3) is 0.867. The van der Waals surface area contributed by atoms with E-state index in [9.17, 15) is 9.59 Å². The molecule has 2 saturated carbocycles. The Labute approximate surface area is 114 Å². The molecule has 4 heteroatoms. The number of piperidine rings is 1. The largest absolute Gasteiger partial charge is 0.464 e. The van der Waals surface area contributed by atoms with E-state index in [1.807, 2.05) is 11.8 Å². The van der Waals surface area contributed by atoms with Crippen LogP contribution < -0.4 is 0 Å². The molecule has 3 unspecified atom stereocenters. The predicted octanol–water partition coefficient (Wildman–Crippen LogP) is 1.98. The van der Waals surface area contributed by atoms with Crippen LogP contribution in [0.25, 0.3) is 0 Å². The number of likely N-dealkylation sites (tertiary alicyclic amines) is 1. The smallest absolute Gasteiger partial charge is 0.328 e. The molecular formula is C15H23NO3. The number of nitrogens with zero attached hydrogens (tertiary/aromatic N) is 1. The van der Waals surface area contributed by atoms with Crippen LogP contribution in [-0.2, 0) is 14.3 Å². The molecule has 0 N–H and O–H groups in total. The lowest BCUT2D eigenvalue weighted by Crippen LogP contribution is -2.49. The third-order valence-electron chi connectivity index (χ3n) is 5.04. The first-order chi connectivity index (χ1) is 9.24. The maximum Gasteiger partial charge on any atom is 0.328 e. The van der Waals surface area contributed by atoms with Crippen LogP contribution in [0.5, 0.6) is 0 Å². The first-order valence-corrected chi connectivity index (χ1v) is 7.71. The second-order valence-corrected chi connectivity index (χ2v) is 6.08. The zero-order valence-corrected chi connectivity index (χ0v) is 11.6. The van der Waals surface area contributed by atoms with E-state index in [4.69, 9.17) is 4.74 Å². The molecular weight excluding hydrogens is 242 g/mol. The molecule has 0 aromatic heterocycles. The molecule has 1 heterocycles. The molecule has 0 aromatic rings. The molecule has 0 bridgehead atoms. The van der Waals surface area contributed by atoms with Gasteiger partial charge in [0.15, 0.2) is 0 Å². The summed E-state index contributed by atoms with van der Waals surface area (Å²) in [5.74, 6) is 1.49. The van der Waals surface area contributed by atoms with Crippen molar-refractivity contribution >= 4 is 11.9 Å². The van der Waals surface area contributed by atoms with Crippen LogP contribution in [0, 0.1) is 17.8 Å². The van der Waals surface area contributed by atoms with Crippen molar-refractivity contribution in [2.24, 2.45) is 17.8 Å². The molecule has 0 radical (unpaired) electrons. The van der Waals surface area contributed by atoms with Crippen molar-refractivity contribution in [2.45, 2.75) is 51.5 Å². The summed E-state index contributed by atoms with van der Waals surface area (Å²) in [5, 5.41) is 0. The summed E-state index contributed by atoms with van der Waals surface area (Å²) in [6, 6.07) is -0.317. The van der Waals surface area contributed by atoms with Crippen molar-refractivity contribution in [2.75, 3.05) is 13.2 Å². The quantitative estimate of drug-likeness (QED) is 0.733. The summed E-state index contributed by atoms with van der Waals surface area (Å²) in [4.78, 5) is 26.4. The number of esters is 1. The number of carbonyl (C=O) groups excluding carboxylic acids is 2. The fourth-order valence-electron chi connectivity index (χ4n) is 4.06. The summed E-state index contributed by atoms with van der Waals surface area (Å²) in [7, 11) is 0. The number of hydrogen-bond acceptors (Lipinski definition) is 3. The minimum atomic E-state index is -0.317. The lowest BCUT2D eigenvalue weighted by atomic mass is 10.0. The lowest BCUT2D eigenvalue weighted by molar-refractivity contribution is -0.157. The van der Waals surface area contributed by atoms with Gasteiger partial charge in [-0.15, -0.1) is 0 Å². The molecule has 3 fully saturated rings. The first-order valence-electron chi connectivity index (χ1n) is 7.71. The monoisotopic (exact) mass is 265 g/mol. The minimum absolute atomic E-state index is 0.207. The van der Waals surface area contributed by atoms with Gasteiger partial charge in [-0.3, -0.25) is 4.79 Å². The summed E-state index contributed by atoms with van der Waals surface area (Å²) in [6.07, 6.45) is 6.50. The molecule has 0 spiro atoms. The van der Waals surface area contributed by atoms with Gasteiger partial charge in [-0.05, 0) is 50.9 Å². The van der Waals surface area contributed by atoms with Gasteiger partial charge in [0.25, 0.3) is 0 Å². The molecule has 0 aromatic carbocycles. The highest BCUT2D eigenvalue weighted by molar-refractivity contribution is 5.88. The summed E-state index contributed by atoms with van der Waals surface area (Å²) in [6.45, 7) is 2.95. The van der Waals surface area contributed by atoms with Crippen LogP contribution in [0.15, 0.2) is 0 Å². The maximum absolute atomic E-state index is 12.6. The van der Waals surface area contributed by atoms with Crippen molar-refractivity contribution in [1.29, 1.82) is 0 Å². The lowest BCUT2D eigenvalue weighted by Gasteiger charge is -2.34. The first kappa shape index (κ1) is 12.9. The Balaban J connectivity index is 1.66. The SMILES string of the molecule is CCOC(=O)C1CCCCN1C(=O)C1C2CCCC21. The van der Waals surface area contributed by atoms with E-state index in [2.05, 4.69) is 0 Å². The van der Waals surface area contributed by atoms with E-state index >= 15 is 0 Å². The third kappa shape index (κ3) is 2.26. The summed E-state index contributed by atoms with van der Waals surface area (Å²) < 4.78 is 5.12. The maximum atomic E-state index is 12.6. The van der Waals surface area contributed by atoms with Gasteiger partial charge in [0.05, 0.1) is 6.61 Å². The molecule has 19 heavy (non-hydrogen) atoms. The zero-order chi connectivity index (χ0) is 13.4. The molecule has 1 amide bonds. The van der Waals surface area contributed by atoms with Gasteiger partial charge in [0.1, 0.15) is 6.04 Å². The molecule has 1 aliphatic heterocycles. The summed E-state index contributed by atoms with van der Waals surface area (Å²) >= 11 is 0. The molecule has 3 atom stereocenters. The molecule has 2 aliphatic carbocycles. The Kier molecular flexibility index (Phi) is 3.50. The highest BCUT2D eigenvalue weighted by Crippen LogP contribution is 2.58. The third-order valence-corrected chi connectivity index (χ3v) is 5.04. The minimum Gasteiger partial charge on any atom is -0.464 e. The van der Waals surface area contributed by atoms with Gasteiger partial charge < -0.3 is 9.64 Å². The summed E-state index contributed by atoms with van der Waals surface area (Å²) in [5.41, 5.74) is 0. The predicted molar refractivity (Wildman–Crippen MR) is 70.3 cm³/mol. The highest BCUT2D eigenvalue weighted by Gasteiger charge is 2.58. The van der Waals surface area contributed by atoms with E-state index in [1.54, 1.807) is 0 Å². The average Bonchev–Trinajstić information content (AvgIpc) is 2.90. The number of amides is 1. The molecule has 3 rings (SSSR count). The fourth-order valence-corrected chi connectivity index (χ4v) is 4.06. The van der Waals surface area contributed by atoms with E-state index in [-0.39, 0.29) is 23.8 Å². The van der Waals surface area contributed by atoms with Crippen LogP contribution in [0.4, 0.5) is 0 Å². The molecule has 3 aliphatic rings. The van der Waals surface area contributed by atoms with Crippen LogP contribution in [0.3, 0.4) is 0 Å². The Hall–Kier alpha value is -1.06. The van der Waals surface area contributed by atoms with Gasteiger partial charge in [-0.25, -0.2) is 4.79 Å². The number of fused-ring (bicyclic) bond motifs is 1. The van der Waals surface area contributed by atoms with Crippen molar-refractivity contribution in [1.82, 2.24) is 4.90 Å². The van der Waals surface area contributed by atoms with Gasteiger partial charge >= 0.3 is 5.97 Å². The van der Waals surface area contributed by atoms with Crippen molar-refractivity contribution in [3.8, 4) is 0 Å². The van der Waals surface area contributed by atoms with Crippen molar-refractivity contribution < 1.29 is 14.3 Å². The molecule has 4 nitrogen and oxygen atoms in total. The van der Waals surface area contributed by atoms with E-state index in [1.165, 1.54) is 19.3 Å². The molecule has 1 saturated heterocycles. The van der Waals surface area contributed by atoms with Crippen molar-refractivity contribution in [3.05, 3.63) is 0 Å². The number of ether oxygens (including phenoxy) is 1. The Bertz CT molecular complexity index is 372. The highest BCUT2D eigenvalue weighted by atomic mass is 16.5. The number of rotatable bonds is 3. The number of hydrogen-bond donors (Lipinski definition) is 0. The van der Waals surface area contributed by atoms with Gasteiger partial charge in [0, 0.05) is 12.5 Å². The Morgan fingerprint density at radius 2 is 1.84 bits per heavy atom. The van der Waals surface area contributed by atoms with Crippen LogP contribution >= 0.6 is 0 Å². The second-order valence-electron chi connectivity index (χ2n) is 6.08. The van der Waals surface area contributed by atoms with E-state index in [0.717, 1.165) is 25.8 Å². The van der Waals surface area contributed by atoms with E-state index in [0.29, 0.717) is 18.4 Å². The normalized spacial score (nSPS) is 36.8. The van der Waals surface area contributed by atoms with Gasteiger partial charge in [-0.1, -0.05) is 6.42 Å². The van der Waals surface area contributed by atoms with Gasteiger partial charge in [-0.2, -0.15) is 0 Å². The van der Waals surface area contributed by atoms with Crippen molar-refractivity contribution in [3.63, 3.8) is 0 Å². The second kappa shape index (κ2) is 5.14. The molecule has 106 valence electrons. The van der Waals surface area contributed by atoms with Crippen LogP contribution in [0.2, 0.25) is 0 Å². The standard InChI is InChI=1S/C15H23NO3/c1-2-19-15(18)12-8-3-4-9-16(12)14(17)13-10-6-5-7-11(10)13/h10-13H,2-9H2,1H3. The Morgan fingerprint density at radius 3 is 2.53 bits per heavy atom. The van der Waals surface area contributed by atoms with Crippen LogP contribution in [0.1, 0.15) is 45.4 Å². The van der Waals surface area contributed by atoms with E-state index < -0.39 is 0 Å².